The smallest absolute Gasteiger partial charge is 0.308 e. The molecule has 0 aliphatic carbocycles. The first kappa shape index (κ1) is 20.7. The van der Waals surface area contributed by atoms with E-state index < -0.39 is 0 Å². The van der Waals surface area contributed by atoms with E-state index in [0.29, 0.717) is 12.4 Å². The SMILES string of the molecule is CC(=O)Oc1ccc(-c2cnc(CCCC(C)OCc3ccccc3)nc2)cc1. The van der Waals surface area contributed by atoms with E-state index in [-0.39, 0.29) is 12.1 Å². The van der Waals surface area contributed by atoms with Crippen LogP contribution in [0, 0.1) is 0 Å². The maximum Gasteiger partial charge on any atom is 0.308 e. The molecule has 5 nitrogen and oxygen atoms in total. The number of aryl methyl sites for hydroxylation is 1. The minimum atomic E-state index is -0.328. The molecule has 0 aliphatic heterocycles. The van der Waals surface area contributed by atoms with Gasteiger partial charge in [0.25, 0.3) is 0 Å². The van der Waals surface area contributed by atoms with Gasteiger partial charge in [0.1, 0.15) is 11.6 Å². The Morgan fingerprint density at radius 2 is 1.66 bits per heavy atom. The van der Waals surface area contributed by atoms with E-state index >= 15 is 0 Å². The molecule has 0 saturated heterocycles. The van der Waals surface area contributed by atoms with Gasteiger partial charge in [0.05, 0.1) is 12.7 Å². The van der Waals surface area contributed by atoms with Crippen molar-refractivity contribution in [3.63, 3.8) is 0 Å². The maximum atomic E-state index is 11.0. The summed E-state index contributed by atoms with van der Waals surface area (Å²) in [6, 6.07) is 17.5. The third-order valence-corrected chi connectivity index (χ3v) is 4.54. The Morgan fingerprint density at radius 3 is 2.31 bits per heavy atom. The third kappa shape index (κ3) is 6.80. The molecule has 29 heavy (non-hydrogen) atoms. The molecule has 0 N–H and O–H groups in total. The Balaban J connectivity index is 1.43. The fourth-order valence-corrected chi connectivity index (χ4v) is 2.96. The molecule has 0 spiro atoms. The highest BCUT2D eigenvalue weighted by molar-refractivity contribution is 5.70. The Morgan fingerprint density at radius 1 is 0.966 bits per heavy atom. The zero-order valence-corrected chi connectivity index (χ0v) is 16.9. The van der Waals surface area contributed by atoms with Gasteiger partial charge in [-0.2, -0.15) is 0 Å². The zero-order valence-electron chi connectivity index (χ0n) is 16.9. The molecule has 5 heteroatoms. The van der Waals surface area contributed by atoms with Gasteiger partial charge in [-0.25, -0.2) is 9.97 Å². The molecule has 0 aliphatic rings. The summed E-state index contributed by atoms with van der Waals surface area (Å²) in [4.78, 5) is 19.9. The summed E-state index contributed by atoms with van der Waals surface area (Å²) in [7, 11) is 0. The molecular formula is C24H26N2O3. The van der Waals surface area contributed by atoms with Gasteiger partial charge in [0, 0.05) is 31.3 Å². The highest BCUT2D eigenvalue weighted by atomic mass is 16.5. The molecule has 0 bridgehead atoms. The fourth-order valence-electron chi connectivity index (χ4n) is 2.96. The Hall–Kier alpha value is -3.05. The number of hydrogen-bond acceptors (Lipinski definition) is 5. The molecule has 0 amide bonds. The van der Waals surface area contributed by atoms with Crippen molar-refractivity contribution in [1.82, 2.24) is 9.97 Å². The second-order valence-electron chi connectivity index (χ2n) is 7.01. The largest absolute Gasteiger partial charge is 0.427 e. The number of carbonyl (C=O) groups excluding carboxylic acids is 1. The molecule has 3 aromatic rings. The van der Waals surface area contributed by atoms with Crippen LogP contribution >= 0.6 is 0 Å². The molecule has 0 saturated carbocycles. The number of esters is 1. The number of hydrogen-bond donors (Lipinski definition) is 0. The molecule has 1 atom stereocenters. The van der Waals surface area contributed by atoms with Gasteiger partial charge in [-0.1, -0.05) is 42.5 Å². The monoisotopic (exact) mass is 390 g/mol. The topological polar surface area (TPSA) is 61.3 Å². The van der Waals surface area contributed by atoms with Crippen LogP contribution in [0.5, 0.6) is 5.75 Å². The molecule has 1 heterocycles. The van der Waals surface area contributed by atoms with E-state index in [1.54, 1.807) is 12.1 Å². The first-order chi connectivity index (χ1) is 14.1. The first-order valence-electron chi connectivity index (χ1n) is 9.85. The lowest BCUT2D eigenvalue weighted by Crippen LogP contribution is -2.09. The van der Waals surface area contributed by atoms with Crippen molar-refractivity contribution in [1.29, 1.82) is 0 Å². The molecule has 3 rings (SSSR count). The van der Waals surface area contributed by atoms with Gasteiger partial charge < -0.3 is 9.47 Å². The zero-order chi connectivity index (χ0) is 20.5. The lowest BCUT2D eigenvalue weighted by Gasteiger charge is -2.12. The Labute approximate surface area is 171 Å². The number of nitrogens with zero attached hydrogens (tertiary/aromatic N) is 2. The Kier molecular flexibility index (Phi) is 7.47. The van der Waals surface area contributed by atoms with Crippen LogP contribution in [0.1, 0.15) is 38.1 Å². The molecule has 2 aromatic carbocycles. The van der Waals surface area contributed by atoms with E-state index in [2.05, 4.69) is 29.0 Å². The highest BCUT2D eigenvalue weighted by Crippen LogP contribution is 2.21. The quantitative estimate of drug-likeness (QED) is 0.380. The van der Waals surface area contributed by atoms with Gasteiger partial charge in [0.15, 0.2) is 0 Å². The fraction of sp³-hybridized carbons (Fsp3) is 0.292. The minimum Gasteiger partial charge on any atom is -0.427 e. The van der Waals surface area contributed by atoms with Gasteiger partial charge in [-0.15, -0.1) is 0 Å². The van der Waals surface area contributed by atoms with Crippen molar-refractivity contribution in [2.45, 2.75) is 45.8 Å². The molecule has 0 radical (unpaired) electrons. The van der Waals surface area contributed by atoms with Crippen LogP contribution in [0.2, 0.25) is 0 Å². The minimum absolute atomic E-state index is 0.199. The number of carbonyl (C=O) groups is 1. The van der Waals surface area contributed by atoms with Crippen molar-refractivity contribution in [3.05, 3.63) is 78.4 Å². The number of rotatable bonds is 9. The van der Waals surface area contributed by atoms with E-state index in [1.165, 1.54) is 12.5 Å². The summed E-state index contributed by atoms with van der Waals surface area (Å²) >= 11 is 0. The molecular weight excluding hydrogens is 364 g/mol. The van der Waals surface area contributed by atoms with E-state index in [1.807, 2.05) is 42.7 Å². The lowest BCUT2D eigenvalue weighted by atomic mass is 10.1. The summed E-state index contributed by atoms with van der Waals surface area (Å²) in [6.07, 6.45) is 6.63. The second-order valence-corrected chi connectivity index (χ2v) is 7.01. The average Bonchev–Trinajstić information content (AvgIpc) is 2.74. The maximum absolute atomic E-state index is 11.0. The average molecular weight is 390 g/mol. The summed E-state index contributed by atoms with van der Waals surface area (Å²) in [5.41, 5.74) is 3.11. The van der Waals surface area contributed by atoms with E-state index in [0.717, 1.165) is 36.2 Å². The standard InChI is InChI=1S/C24H26N2O3/c1-18(28-17-20-8-4-3-5-9-20)7-6-10-24-25-15-22(16-26-24)21-11-13-23(14-12-21)29-19(2)27/h3-5,8-9,11-16,18H,6-7,10,17H2,1-2H3. The molecule has 0 fully saturated rings. The predicted molar refractivity (Wildman–Crippen MR) is 112 cm³/mol. The van der Waals surface area contributed by atoms with Crippen molar-refractivity contribution < 1.29 is 14.3 Å². The van der Waals surface area contributed by atoms with Crippen LogP contribution in [-0.2, 0) is 22.6 Å². The Bertz CT molecular complexity index is 894. The summed E-state index contributed by atoms with van der Waals surface area (Å²) < 4.78 is 11.0. The van der Waals surface area contributed by atoms with Crippen LogP contribution in [0.25, 0.3) is 11.1 Å². The molecule has 150 valence electrons. The van der Waals surface area contributed by atoms with Crippen LogP contribution in [-0.4, -0.2) is 22.0 Å². The van der Waals surface area contributed by atoms with Gasteiger partial charge in [-0.05, 0) is 43.0 Å². The van der Waals surface area contributed by atoms with E-state index in [4.69, 9.17) is 9.47 Å². The molecule has 1 aromatic heterocycles. The normalized spacial score (nSPS) is 11.8. The van der Waals surface area contributed by atoms with Crippen LogP contribution in [0.3, 0.4) is 0 Å². The van der Waals surface area contributed by atoms with Crippen LogP contribution in [0.15, 0.2) is 67.0 Å². The summed E-state index contributed by atoms with van der Waals surface area (Å²) in [5, 5.41) is 0. The van der Waals surface area contributed by atoms with Crippen molar-refractivity contribution >= 4 is 5.97 Å². The van der Waals surface area contributed by atoms with Crippen LogP contribution < -0.4 is 4.74 Å². The summed E-state index contributed by atoms with van der Waals surface area (Å²) in [5.74, 6) is 1.04. The first-order valence-corrected chi connectivity index (χ1v) is 9.85. The van der Waals surface area contributed by atoms with Crippen molar-refractivity contribution in [2.75, 3.05) is 0 Å². The number of ether oxygens (including phenoxy) is 2. The van der Waals surface area contributed by atoms with Crippen LogP contribution in [0.4, 0.5) is 0 Å². The van der Waals surface area contributed by atoms with Gasteiger partial charge >= 0.3 is 5.97 Å². The van der Waals surface area contributed by atoms with E-state index in [9.17, 15) is 4.79 Å². The number of aromatic nitrogens is 2. The second kappa shape index (κ2) is 10.5. The number of benzene rings is 2. The predicted octanol–water partition coefficient (Wildman–Crippen LogP) is 5.00. The lowest BCUT2D eigenvalue weighted by molar-refractivity contribution is -0.131. The van der Waals surface area contributed by atoms with Gasteiger partial charge in [0.2, 0.25) is 0 Å². The highest BCUT2D eigenvalue weighted by Gasteiger charge is 2.06. The summed E-state index contributed by atoms with van der Waals surface area (Å²) in [6.45, 7) is 4.13. The van der Waals surface area contributed by atoms with Crippen molar-refractivity contribution in [3.8, 4) is 16.9 Å². The third-order valence-electron chi connectivity index (χ3n) is 4.54. The molecule has 1 unspecified atom stereocenters. The van der Waals surface area contributed by atoms with Gasteiger partial charge in [-0.3, -0.25) is 4.79 Å². The van der Waals surface area contributed by atoms with Crippen molar-refractivity contribution in [2.24, 2.45) is 0 Å².